The van der Waals surface area contributed by atoms with Crippen LogP contribution in [0.15, 0.2) is 77.6 Å². The van der Waals surface area contributed by atoms with Crippen LogP contribution in [0.25, 0.3) is 22.0 Å². The highest BCUT2D eigenvalue weighted by Crippen LogP contribution is 2.26. The van der Waals surface area contributed by atoms with Gasteiger partial charge in [-0.15, -0.1) is 0 Å². The lowest BCUT2D eigenvalue weighted by Crippen LogP contribution is -2.26. The zero-order valence-electron chi connectivity index (χ0n) is 14.7. The molecule has 0 aliphatic rings. The van der Waals surface area contributed by atoms with Gasteiger partial charge in [-0.3, -0.25) is 4.79 Å². The van der Waals surface area contributed by atoms with Crippen LogP contribution < -0.4 is 5.56 Å². The van der Waals surface area contributed by atoms with Gasteiger partial charge in [0.05, 0.1) is 23.7 Å². The highest BCUT2D eigenvalue weighted by atomic mass is 19.2. The van der Waals surface area contributed by atoms with Crippen molar-refractivity contribution in [1.82, 2.24) is 9.78 Å². The van der Waals surface area contributed by atoms with Crippen molar-refractivity contribution in [3.8, 4) is 11.3 Å². The Balaban J connectivity index is 1.87. The normalized spacial score (nSPS) is 12.2. The summed E-state index contributed by atoms with van der Waals surface area (Å²) in [6.45, 7) is -0.0651. The van der Waals surface area contributed by atoms with Gasteiger partial charge in [0, 0.05) is 10.9 Å². The number of halogens is 2. The second-order valence-electron chi connectivity index (χ2n) is 6.44. The van der Waals surface area contributed by atoms with Gasteiger partial charge in [0.1, 0.15) is 0 Å². The Morgan fingerprint density at radius 1 is 0.893 bits per heavy atom. The average molecular weight is 378 g/mol. The minimum atomic E-state index is -0.995. The maximum Gasteiger partial charge on any atom is 0.274 e. The van der Waals surface area contributed by atoms with Gasteiger partial charge in [0.25, 0.3) is 5.56 Å². The largest absolute Gasteiger partial charge is 0.386 e. The summed E-state index contributed by atoms with van der Waals surface area (Å²) in [5, 5.41) is 15.8. The number of aromatic nitrogens is 2. The summed E-state index contributed by atoms with van der Waals surface area (Å²) in [4.78, 5) is 12.9. The number of aliphatic hydroxyl groups is 1. The molecule has 0 fully saturated rings. The molecule has 0 aliphatic heterocycles. The van der Waals surface area contributed by atoms with Gasteiger partial charge < -0.3 is 5.11 Å². The van der Waals surface area contributed by atoms with Crippen LogP contribution in [0.4, 0.5) is 8.78 Å². The molecule has 0 aliphatic carbocycles. The molecular weight excluding hydrogens is 362 g/mol. The fraction of sp³-hybridized carbons (Fsp3) is 0.0909. The van der Waals surface area contributed by atoms with Crippen LogP contribution in [-0.4, -0.2) is 14.9 Å². The molecule has 1 atom stereocenters. The summed E-state index contributed by atoms with van der Waals surface area (Å²) in [6.07, 6.45) is -0.939. The molecule has 3 aromatic carbocycles. The van der Waals surface area contributed by atoms with E-state index in [1.165, 1.54) is 6.07 Å². The molecule has 1 heterocycles. The first-order chi connectivity index (χ1) is 13.5. The van der Waals surface area contributed by atoms with E-state index >= 15 is 0 Å². The van der Waals surface area contributed by atoms with Crippen molar-refractivity contribution in [2.45, 2.75) is 12.6 Å². The van der Waals surface area contributed by atoms with Crippen molar-refractivity contribution in [3.05, 3.63) is 100 Å². The molecule has 28 heavy (non-hydrogen) atoms. The number of rotatable bonds is 4. The van der Waals surface area contributed by atoms with Crippen LogP contribution >= 0.6 is 0 Å². The smallest absolute Gasteiger partial charge is 0.274 e. The van der Waals surface area contributed by atoms with E-state index in [0.717, 1.165) is 16.8 Å². The molecule has 6 heteroatoms. The van der Waals surface area contributed by atoms with Crippen molar-refractivity contribution < 1.29 is 13.9 Å². The summed E-state index contributed by atoms with van der Waals surface area (Å²) in [6, 6.07) is 19.2. The van der Waals surface area contributed by atoms with Gasteiger partial charge in [-0.1, -0.05) is 48.5 Å². The molecule has 1 N–H and O–H groups in total. The monoisotopic (exact) mass is 378 g/mol. The quantitative estimate of drug-likeness (QED) is 0.582. The van der Waals surface area contributed by atoms with Gasteiger partial charge in [-0.2, -0.15) is 5.10 Å². The summed E-state index contributed by atoms with van der Waals surface area (Å²) < 4.78 is 28.3. The van der Waals surface area contributed by atoms with E-state index in [-0.39, 0.29) is 12.1 Å². The Labute approximate surface area is 159 Å². The second kappa shape index (κ2) is 7.32. The standard InChI is InChI=1S/C22H16F2N2O2/c23-18-11-10-15(12-19(18)24)21-16-8-4-5-9-17(16)22(28)26(25-21)13-20(27)14-6-2-1-3-7-14/h1-12,20,27H,13H2/t20-/m1/s1. The first kappa shape index (κ1) is 18.0. The predicted molar refractivity (Wildman–Crippen MR) is 103 cm³/mol. The summed E-state index contributed by atoms with van der Waals surface area (Å²) in [7, 11) is 0. The fourth-order valence-corrected chi connectivity index (χ4v) is 3.16. The second-order valence-corrected chi connectivity index (χ2v) is 6.44. The van der Waals surface area contributed by atoms with Crippen molar-refractivity contribution in [3.63, 3.8) is 0 Å². The highest BCUT2D eigenvalue weighted by molar-refractivity contribution is 5.93. The molecule has 0 bridgehead atoms. The molecular formula is C22H16F2N2O2. The predicted octanol–water partition coefficient (Wildman–Crippen LogP) is 4.08. The Morgan fingerprint density at radius 3 is 2.29 bits per heavy atom. The summed E-state index contributed by atoms with van der Waals surface area (Å²) in [5.74, 6) is -1.95. The SMILES string of the molecule is O=c1c2ccccc2c(-c2ccc(F)c(F)c2)nn1C[C@@H](O)c1ccccc1. The van der Waals surface area contributed by atoms with E-state index in [1.54, 1.807) is 48.5 Å². The van der Waals surface area contributed by atoms with Crippen LogP contribution in [0.5, 0.6) is 0 Å². The van der Waals surface area contributed by atoms with E-state index in [4.69, 9.17) is 0 Å². The number of aliphatic hydroxyl groups excluding tert-OH is 1. The third-order valence-electron chi connectivity index (χ3n) is 4.59. The van der Waals surface area contributed by atoms with E-state index in [9.17, 15) is 18.7 Å². The molecule has 0 saturated heterocycles. The number of hydrogen-bond acceptors (Lipinski definition) is 3. The average Bonchev–Trinajstić information content (AvgIpc) is 2.73. The lowest BCUT2D eigenvalue weighted by molar-refractivity contribution is 0.150. The maximum absolute atomic E-state index is 13.8. The molecule has 0 unspecified atom stereocenters. The van der Waals surface area contributed by atoms with E-state index in [1.807, 2.05) is 6.07 Å². The third-order valence-corrected chi connectivity index (χ3v) is 4.59. The van der Waals surface area contributed by atoms with Crippen LogP contribution in [0, 0.1) is 11.6 Å². The summed E-state index contributed by atoms with van der Waals surface area (Å²) >= 11 is 0. The molecule has 0 spiro atoms. The molecule has 1 aromatic heterocycles. The number of hydrogen-bond donors (Lipinski definition) is 1. The van der Waals surface area contributed by atoms with Crippen molar-refractivity contribution in [2.24, 2.45) is 0 Å². The first-order valence-electron chi connectivity index (χ1n) is 8.73. The molecule has 4 nitrogen and oxygen atoms in total. The number of fused-ring (bicyclic) bond motifs is 1. The maximum atomic E-state index is 13.8. The molecule has 4 rings (SSSR count). The van der Waals surface area contributed by atoms with Gasteiger partial charge >= 0.3 is 0 Å². The lowest BCUT2D eigenvalue weighted by Gasteiger charge is -2.15. The zero-order chi connectivity index (χ0) is 19.7. The molecule has 0 amide bonds. The summed E-state index contributed by atoms with van der Waals surface area (Å²) in [5.41, 5.74) is 0.975. The van der Waals surface area contributed by atoms with Crippen molar-refractivity contribution in [2.75, 3.05) is 0 Å². The molecule has 0 radical (unpaired) electrons. The molecule has 4 aromatic rings. The minimum absolute atomic E-state index is 0.0651. The molecule has 0 saturated carbocycles. The van der Waals surface area contributed by atoms with Crippen molar-refractivity contribution >= 4 is 10.8 Å². The first-order valence-corrected chi connectivity index (χ1v) is 8.73. The van der Waals surface area contributed by atoms with E-state index in [0.29, 0.717) is 27.6 Å². The number of benzene rings is 3. The van der Waals surface area contributed by atoms with Gasteiger partial charge in [-0.25, -0.2) is 13.5 Å². The number of nitrogens with zero attached hydrogens (tertiary/aromatic N) is 2. The topological polar surface area (TPSA) is 55.1 Å². The van der Waals surface area contributed by atoms with E-state index < -0.39 is 17.7 Å². The van der Waals surface area contributed by atoms with E-state index in [2.05, 4.69) is 5.10 Å². The highest BCUT2D eigenvalue weighted by Gasteiger charge is 2.16. The van der Waals surface area contributed by atoms with Crippen molar-refractivity contribution in [1.29, 1.82) is 0 Å². The third kappa shape index (κ3) is 3.30. The Morgan fingerprint density at radius 2 is 1.57 bits per heavy atom. The Hall–Kier alpha value is -3.38. The van der Waals surface area contributed by atoms with Crippen LogP contribution in [0.1, 0.15) is 11.7 Å². The van der Waals surface area contributed by atoms with Gasteiger partial charge in [0.15, 0.2) is 11.6 Å². The molecule has 140 valence electrons. The Bertz CT molecular complexity index is 1210. The van der Waals surface area contributed by atoms with Crippen LogP contribution in [-0.2, 0) is 6.54 Å². The lowest BCUT2D eigenvalue weighted by atomic mass is 10.0. The Kier molecular flexibility index (Phi) is 4.71. The van der Waals surface area contributed by atoms with Crippen LogP contribution in [0.2, 0.25) is 0 Å². The zero-order valence-corrected chi connectivity index (χ0v) is 14.7. The fourth-order valence-electron chi connectivity index (χ4n) is 3.16. The van der Waals surface area contributed by atoms with Gasteiger partial charge in [0.2, 0.25) is 0 Å². The minimum Gasteiger partial charge on any atom is -0.386 e. The van der Waals surface area contributed by atoms with Crippen LogP contribution in [0.3, 0.4) is 0 Å². The van der Waals surface area contributed by atoms with Gasteiger partial charge in [-0.05, 0) is 29.8 Å².